The average Bonchev–Trinajstić information content (AvgIpc) is 3.24. The number of aromatic nitrogens is 3. The van der Waals surface area contributed by atoms with Crippen molar-refractivity contribution in [2.45, 2.75) is 6.54 Å². The molecule has 6 nitrogen and oxygen atoms in total. The van der Waals surface area contributed by atoms with Crippen molar-refractivity contribution in [1.29, 1.82) is 5.26 Å². The number of phenolic OH excluding ortho intramolecular Hbond substituents is 1. The molecule has 0 spiro atoms. The number of fused-ring (bicyclic) bond motifs is 1. The zero-order valence-electron chi connectivity index (χ0n) is 14.1. The van der Waals surface area contributed by atoms with Crippen molar-refractivity contribution in [3.63, 3.8) is 0 Å². The van der Waals surface area contributed by atoms with Gasteiger partial charge in [0.1, 0.15) is 18.4 Å². The molecule has 0 bridgehead atoms. The molecule has 1 aromatic heterocycles. The molecule has 1 N–H and O–H groups in total. The Labute approximate surface area is 164 Å². The maximum atomic E-state index is 9.85. The molecule has 1 heterocycles. The number of nitrogens with zero attached hydrogens (tertiary/aromatic N) is 5. The van der Waals surface area contributed by atoms with Crippen molar-refractivity contribution in [2.75, 3.05) is 5.01 Å². The highest BCUT2D eigenvalue weighted by molar-refractivity contribution is 9.10. The van der Waals surface area contributed by atoms with Crippen molar-refractivity contribution in [1.82, 2.24) is 14.9 Å². The lowest BCUT2D eigenvalue weighted by Gasteiger charge is -2.25. The van der Waals surface area contributed by atoms with Gasteiger partial charge in [-0.05, 0) is 68.7 Å². The van der Waals surface area contributed by atoms with Crippen LogP contribution >= 0.6 is 15.9 Å². The lowest BCUT2D eigenvalue weighted by Crippen LogP contribution is -2.27. The Hall–Kier alpha value is -3.37. The molecular formula is C20H14BrN5O. The molecule has 0 aliphatic carbocycles. The van der Waals surface area contributed by atoms with Gasteiger partial charge >= 0.3 is 0 Å². The molecule has 0 atom stereocenters. The van der Waals surface area contributed by atoms with E-state index in [-0.39, 0.29) is 5.75 Å². The van der Waals surface area contributed by atoms with Crippen molar-refractivity contribution in [3.8, 4) is 11.8 Å². The predicted octanol–water partition coefficient (Wildman–Crippen LogP) is 4.24. The second kappa shape index (κ2) is 7.09. The van der Waals surface area contributed by atoms with Crippen molar-refractivity contribution < 1.29 is 5.11 Å². The van der Waals surface area contributed by atoms with Gasteiger partial charge in [0.05, 0.1) is 28.3 Å². The topological polar surface area (TPSA) is 78.0 Å². The van der Waals surface area contributed by atoms with Gasteiger partial charge in [-0.25, -0.2) is 4.68 Å². The first kappa shape index (κ1) is 17.1. The SMILES string of the molecule is N#Cc1ccc(N(Cc2ccc3c(Br)c(O)ccc3c2)n2cnnc2)cc1. The van der Waals surface area contributed by atoms with Crippen LogP contribution in [0.4, 0.5) is 5.69 Å². The summed E-state index contributed by atoms with van der Waals surface area (Å²) in [4.78, 5) is 0. The Morgan fingerprint density at radius 1 is 1.04 bits per heavy atom. The second-order valence-corrected chi connectivity index (χ2v) is 6.81. The number of hydrogen-bond donors (Lipinski definition) is 1. The molecule has 0 unspecified atom stereocenters. The van der Waals surface area contributed by atoms with Crippen molar-refractivity contribution in [2.24, 2.45) is 0 Å². The van der Waals surface area contributed by atoms with E-state index < -0.39 is 0 Å². The highest BCUT2D eigenvalue weighted by atomic mass is 79.9. The van der Waals surface area contributed by atoms with E-state index in [1.807, 2.05) is 35.3 Å². The van der Waals surface area contributed by atoms with E-state index in [1.54, 1.807) is 35.5 Å². The van der Waals surface area contributed by atoms with Crippen LogP contribution in [0.25, 0.3) is 10.8 Å². The molecule has 27 heavy (non-hydrogen) atoms. The third-order valence-electron chi connectivity index (χ3n) is 4.31. The van der Waals surface area contributed by atoms with E-state index in [2.05, 4.69) is 38.3 Å². The zero-order valence-corrected chi connectivity index (χ0v) is 15.7. The van der Waals surface area contributed by atoms with Crippen molar-refractivity contribution in [3.05, 3.63) is 82.9 Å². The molecule has 0 fully saturated rings. The average molecular weight is 420 g/mol. The summed E-state index contributed by atoms with van der Waals surface area (Å²) in [5, 5.41) is 30.7. The summed E-state index contributed by atoms with van der Waals surface area (Å²) in [6.45, 7) is 0.582. The summed E-state index contributed by atoms with van der Waals surface area (Å²) >= 11 is 3.43. The van der Waals surface area contributed by atoms with Gasteiger partial charge in [-0.1, -0.05) is 18.2 Å². The van der Waals surface area contributed by atoms with E-state index in [4.69, 9.17) is 5.26 Å². The van der Waals surface area contributed by atoms with Gasteiger partial charge in [0.2, 0.25) is 0 Å². The molecule has 132 valence electrons. The van der Waals surface area contributed by atoms with Crippen LogP contribution in [0.2, 0.25) is 0 Å². The van der Waals surface area contributed by atoms with E-state index in [0.29, 0.717) is 16.6 Å². The normalized spacial score (nSPS) is 10.7. The Morgan fingerprint density at radius 2 is 1.78 bits per heavy atom. The summed E-state index contributed by atoms with van der Waals surface area (Å²) in [7, 11) is 0. The summed E-state index contributed by atoms with van der Waals surface area (Å²) in [6.07, 6.45) is 3.27. The van der Waals surface area contributed by atoms with Gasteiger partial charge < -0.3 is 5.11 Å². The van der Waals surface area contributed by atoms with Crippen LogP contribution in [-0.2, 0) is 6.54 Å². The predicted molar refractivity (Wildman–Crippen MR) is 106 cm³/mol. The molecule has 4 rings (SSSR count). The minimum Gasteiger partial charge on any atom is -0.507 e. The smallest absolute Gasteiger partial charge is 0.139 e. The highest BCUT2D eigenvalue weighted by Gasteiger charge is 2.12. The van der Waals surface area contributed by atoms with E-state index >= 15 is 0 Å². The summed E-state index contributed by atoms with van der Waals surface area (Å²) in [5.74, 6) is 0.221. The fraction of sp³-hybridized carbons (Fsp3) is 0.0500. The summed E-state index contributed by atoms with van der Waals surface area (Å²) < 4.78 is 2.49. The molecule has 3 aromatic carbocycles. The van der Waals surface area contributed by atoms with Gasteiger partial charge in [-0.2, -0.15) is 5.26 Å². The number of nitriles is 1. The first-order chi connectivity index (χ1) is 13.2. The minimum absolute atomic E-state index is 0.221. The van der Waals surface area contributed by atoms with Crippen LogP contribution in [-0.4, -0.2) is 20.0 Å². The maximum Gasteiger partial charge on any atom is 0.139 e. The third kappa shape index (κ3) is 3.35. The molecule has 0 amide bonds. The zero-order chi connectivity index (χ0) is 18.8. The van der Waals surface area contributed by atoms with E-state index in [0.717, 1.165) is 22.0 Å². The van der Waals surface area contributed by atoms with Crippen LogP contribution in [0.3, 0.4) is 0 Å². The molecule has 0 saturated heterocycles. The number of rotatable bonds is 4. The fourth-order valence-corrected chi connectivity index (χ4v) is 3.43. The van der Waals surface area contributed by atoms with Crippen LogP contribution in [0.15, 0.2) is 71.7 Å². The largest absolute Gasteiger partial charge is 0.507 e. The van der Waals surface area contributed by atoms with Crippen LogP contribution in [0.1, 0.15) is 11.1 Å². The van der Waals surface area contributed by atoms with E-state index in [1.165, 1.54) is 0 Å². The minimum atomic E-state index is 0.221. The summed E-state index contributed by atoms with van der Waals surface area (Å²) in [6, 6.07) is 19.2. The van der Waals surface area contributed by atoms with E-state index in [9.17, 15) is 5.11 Å². The highest BCUT2D eigenvalue weighted by Crippen LogP contribution is 2.33. The molecule has 0 aliphatic rings. The Morgan fingerprint density at radius 3 is 2.48 bits per heavy atom. The molecule has 0 saturated carbocycles. The Kier molecular flexibility index (Phi) is 4.48. The maximum absolute atomic E-state index is 9.85. The number of hydrogen-bond acceptors (Lipinski definition) is 5. The van der Waals surface area contributed by atoms with Crippen LogP contribution in [0, 0.1) is 11.3 Å². The first-order valence-electron chi connectivity index (χ1n) is 8.18. The number of halogens is 1. The third-order valence-corrected chi connectivity index (χ3v) is 5.14. The first-order valence-corrected chi connectivity index (χ1v) is 8.98. The monoisotopic (exact) mass is 419 g/mol. The van der Waals surface area contributed by atoms with Crippen LogP contribution in [0.5, 0.6) is 5.75 Å². The number of benzene rings is 3. The number of anilines is 1. The lowest BCUT2D eigenvalue weighted by atomic mass is 10.1. The summed E-state index contributed by atoms with van der Waals surface area (Å²) in [5.41, 5.74) is 2.61. The Balaban J connectivity index is 1.72. The number of aromatic hydroxyl groups is 1. The number of phenols is 1. The van der Waals surface area contributed by atoms with Gasteiger partial charge in [-0.3, -0.25) is 5.01 Å². The fourth-order valence-electron chi connectivity index (χ4n) is 2.94. The van der Waals surface area contributed by atoms with Gasteiger partial charge in [0.15, 0.2) is 0 Å². The molecular weight excluding hydrogens is 406 g/mol. The van der Waals surface area contributed by atoms with Gasteiger partial charge in [0, 0.05) is 0 Å². The molecule has 0 radical (unpaired) electrons. The van der Waals surface area contributed by atoms with Crippen LogP contribution < -0.4 is 5.01 Å². The molecule has 4 aromatic rings. The van der Waals surface area contributed by atoms with Crippen molar-refractivity contribution >= 4 is 32.4 Å². The standard InChI is InChI=1S/C20H14BrN5O/c21-20-18-7-3-15(9-16(18)4-8-19(20)27)11-26(25-12-23-24-13-25)17-5-1-14(10-22)2-6-17/h1-9,12-13,27H,11H2. The van der Waals surface area contributed by atoms with Gasteiger partial charge in [0.25, 0.3) is 0 Å². The molecule has 7 heteroatoms. The Bertz CT molecular complexity index is 1130. The second-order valence-electron chi connectivity index (χ2n) is 6.01. The van der Waals surface area contributed by atoms with Gasteiger partial charge in [-0.15, -0.1) is 10.2 Å². The lowest BCUT2D eigenvalue weighted by molar-refractivity contribution is 0.473. The quantitative estimate of drug-likeness (QED) is 0.535. The molecule has 0 aliphatic heterocycles.